The SMILES string of the molecule is CNc1nc(Nc2ccc(C#N)cc2F)nc(OC)n1. The first kappa shape index (κ1) is 13.5. The van der Waals surface area contributed by atoms with Crippen LogP contribution in [-0.4, -0.2) is 29.1 Å². The highest BCUT2D eigenvalue weighted by Crippen LogP contribution is 2.20. The van der Waals surface area contributed by atoms with Crippen LogP contribution in [0.1, 0.15) is 5.56 Å². The molecule has 7 nitrogen and oxygen atoms in total. The first-order valence-electron chi connectivity index (χ1n) is 5.60. The van der Waals surface area contributed by atoms with E-state index in [0.29, 0.717) is 0 Å². The van der Waals surface area contributed by atoms with E-state index in [4.69, 9.17) is 10.00 Å². The van der Waals surface area contributed by atoms with Gasteiger partial charge in [0.1, 0.15) is 5.82 Å². The standard InChI is InChI=1S/C12H11FN6O/c1-15-10-17-11(19-12(18-10)20-2)16-9-4-3-7(6-14)5-8(9)13/h3-5H,1-2H3,(H2,15,16,17,18,19). The van der Waals surface area contributed by atoms with Crippen LogP contribution in [0.5, 0.6) is 6.01 Å². The number of nitriles is 1. The van der Waals surface area contributed by atoms with Gasteiger partial charge in [0.25, 0.3) is 0 Å². The van der Waals surface area contributed by atoms with Gasteiger partial charge < -0.3 is 15.4 Å². The fraction of sp³-hybridized carbons (Fsp3) is 0.167. The molecular weight excluding hydrogens is 263 g/mol. The highest BCUT2D eigenvalue weighted by Gasteiger charge is 2.09. The molecule has 0 bridgehead atoms. The number of methoxy groups -OCH3 is 1. The zero-order chi connectivity index (χ0) is 14.5. The van der Waals surface area contributed by atoms with Crippen molar-refractivity contribution in [2.24, 2.45) is 0 Å². The molecule has 2 aromatic rings. The lowest BCUT2D eigenvalue weighted by Crippen LogP contribution is -2.06. The lowest BCUT2D eigenvalue weighted by atomic mass is 10.2. The van der Waals surface area contributed by atoms with Crippen LogP contribution in [0.4, 0.5) is 22.0 Å². The van der Waals surface area contributed by atoms with Gasteiger partial charge in [-0.05, 0) is 18.2 Å². The molecule has 102 valence electrons. The molecule has 1 heterocycles. The Balaban J connectivity index is 2.32. The van der Waals surface area contributed by atoms with Crippen LogP contribution in [0, 0.1) is 17.1 Å². The number of hydrogen-bond acceptors (Lipinski definition) is 7. The first-order valence-corrected chi connectivity index (χ1v) is 5.60. The minimum atomic E-state index is -0.575. The van der Waals surface area contributed by atoms with E-state index < -0.39 is 5.82 Å². The van der Waals surface area contributed by atoms with Crippen LogP contribution in [-0.2, 0) is 0 Å². The third kappa shape index (κ3) is 2.89. The molecule has 2 N–H and O–H groups in total. The Morgan fingerprint density at radius 3 is 2.60 bits per heavy atom. The maximum absolute atomic E-state index is 13.8. The molecule has 0 spiro atoms. The van der Waals surface area contributed by atoms with Crippen molar-refractivity contribution in [1.82, 2.24) is 15.0 Å². The van der Waals surface area contributed by atoms with Crippen molar-refractivity contribution in [3.63, 3.8) is 0 Å². The summed E-state index contributed by atoms with van der Waals surface area (Å²) < 4.78 is 18.7. The van der Waals surface area contributed by atoms with Gasteiger partial charge in [0.05, 0.1) is 24.4 Å². The summed E-state index contributed by atoms with van der Waals surface area (Å²) in [6.45, 7) is 0. The molecule has 0 aliphatic carbocycles. The van der Waals surface area contributed by atoms with Gasteiger partial charge >= 0.3 is 6.01 Å². The summed E-state index contributed by atoms with van der Waals surface area (Å²) in [5.41, 5.74) is 0.386. The molecule has 0 aliphatic heterocycles. The lowest BCUT2D eigenvalue weighted by Gasteiger charge is -2.08. The number of nitrogens with one attached hydrogen (secondary N) is 2. The second-order valence-corrected chi connectivity index (χ2v) is 3.65. The molecule has 20 heavy (non-hydrogen) atoms. The molecule has 0 amide bonds. The van der Waals surface area contributed by atoms with Gasteiger partial charge in [0, 0.05) is 7.05 Å². The Hall–Kier alpha value is -2.95. The Morgan fingerprint density at radius 1 is 1.25 bits per heavy atom. The van der Waals surface area contributed by atoms with Crippen LogP contribution in [0.3, 0.4) is 0 Å². The second-order valence-electron chi connectivity index (χ2n) is 3.65. The van der Waals surface area contributed by atoms with Crippen molar-refractivity contribution < 1.29 is 9.13 Å². The molecule has 0 saturated carbocycles. The Labute approximate surface area is 114 Å². The number of anilines is 3. The summed E-state index contributed by atoms with van der Waals surface area (Å²) in [4.78, 5) is 11.9. The third-order valence-electron chi connectivity index (χ3n) is 2.37. The fourth-order valence-corrected chi connectivity index (χ4v) is 1.42. The lowest BCUT2D eigenvalue weighted by molar-refractivity contribution is 0.379. The normalized spacial score (nSPS) is 9.70. The van der Waals surface area contributed by atoms with Crippen molar-refractivity contribution in [3.8, 4) is 12.1 Å². The summed E-state index contributed by atoms with van der Waals surface area (Å²) in [5.74, 6) is -0.160. The average Bonchev–Trinajstić information content (AvgIpc) is 2.48. The zero-order valence-corrected chi connectivity index (χ0v) is 10.8. The number of nitrogens with zero attached hydrogens (tertiary/aromatic N) is 4. The smallest absolute Gasteiger partial charge is 0.322 e. The van der Waals surface area contributed by atoms with Gasteiger partial charge in [0.2, 0.25) is 11.9 Å². The third-order valence-corrected chi connectivity index (χ3v) is 2.37. The van der Waals surface area contributed by atoms with Crippen molar-refractivity contribution in [2.75, 3.05) is 24.8 Å². The van der Waals surface area contributed by atoms with Gasteiger partial charge in [-0.25, -0.2) is 4.39 Å². The van der Waals surface area contributed by atoms with E-state index in [9.17, 15) is 4.39 Å². The van der Waals surface area contributed by atoms with Gasteiger partial charge in [-0.15, -0.1) is 0 Å². The molecule has 2 rings (SSSR count). The number of rotatable bonds is 4. The molecule has 1 aromatic carbocycles. The number of hydrogen-bond donors (Lipinski definition) is 2. The molecule has 0 radical (unpaired) electrons. The number of benzene rings is 1. The van der Waals surface area contributed by atoms with E-state index in [1.807, 2.05) is 6.07 Å². The monoisotopic (exact) mass is 274 g/mol. The Kier molecular flexibility index (Phi) is 3.91. The van der Waals surface area contributed by atoms with Crippen molar-refractivity contribution >= 4 is 17.6 Å². The van der Waals surface area contributed by atoms with Crippen molar-refractivity contribution in [1.29, 1.82) is 5.26 Å². The molecule has 0 atom stereocenters. The maximum Gasteiger partial charge on any atom is 0.322 e. The predicted octanol–water partition coefficient (Wildman–Crippen LogP) is 1.68. The van der Waals surface area contributed by atoms with Gasteiger partial charge in [0.15, 0.2) is 0 Å². The Bertz CT molecular complexity index is 647. The quantitative estimate of drug-likeness (QED) is 0.875. The predicted molar refractivity (Wildman–Crippen MR) is 70.3 cm³/mol. The molecule has 0 fully saturated rings. The largest absolute Gasteiger partial charge is 0.467 e. The summed E-state index contributed by atoms with van der Waals surface area (Å²) in [5, 5.41) is 14.1. The fourth-order valence-electron chi connectivity index (χ4n) is 1.42. The number of halogens is 1. The van der Waals surface area contributed by atoms with E-state index in [2.05, 4.69) is 25.6 Å². The summed E-state index contributed by atoms with van der Waals surface area (Å²) in [6.07, 6.45) is 0. The summed E-state index contributed by atoms with van der Waals surface area (Å²) in [6, 6.07) is 6.00. The molecule has 0 saturated heterocycles. The highest BCUT2D eigenvalue weighted by atomic mass is 19.1. The Morgan fingerprint density at radius 2 is 2.00 bits per heavy atom. The molecular formula is C12H11FN6O. The zero-order valence-electron chi connectivity index (χ0n) is 10.8. The van der Waals surface area contributed by atoms with Crippen LogP contribution in [0.2, 0.25) is 0 Å². The molecule has 0 unspecified atom stereocenters. The van der Waals surface area contributed by atoms with Crippen LogP contribution >= 0.6 is 0 Å². The van der Waals surface area contributed by atoms with Gasteiger partial charge in [-0.2, -0.15) is 20.2 Å². The van der Waals surface area contributed by atoms with E-state index >= 15 is 0 Å². The average molecular weight is 274 g/mol. The van der Waals surface area contributed by atoms with Crippen molar-refractivity contribution in [2.45, 2.75) is 0 Å². The molecule has 8 heteroatoms. The minimum absolute atomic E-state index is 0.0981. The maximum atomic E-state index is 13.8. The van der Waals surface area contributed by atoms with E-state index in [-0.39, 0.29) is 29.2 Å². The summed E-state index contributed by atoms with van der Waals surface area (Å²) in [7, 11) is 3.06. The van der Waals surface area contributed by atoms with E-state index in [1.54, 1.807) is 7.05 Å². The van der Waals surface area contributed by atoms with Gasteiger partial charge in [-0.1, -0.05) is 0 Å². The van der Waals surface area contributed by atoms with Crippen LogP contribution in [0.15, 0.2) is 18.2 Å². The molecule has 0 aliphatic rings. The molecule has 1 aromatic heterocycles. The van der Waals surface area contributed by atoms with E-state index in [1.165, 1.54) is 19.2 Å². The second kappa shape index (κ2) is 5.79. The topological polar surface area (TPSA) is 95.8 Å². The number of aromatic nitrogens is 3. The van der Waals surface area contributed by atoms with Crippen molar-refractivity contribution in [3.05, 3.63) is 29.6 Å². The van der Waals surface area contributed by atoms with Crippen LogP contribution < -0.4 is 15.4 Å². The summed E-state index contributed by atoms with van der Waals surface area (Å²) >= 11 is 0. The highest BCUT2D eigenvalue weighted by molar-refractivity contribution is 5.56. The first-order chi connectivity index (χ1) is 9.66. The minimum Gasteiger partial charge on any atom is -0.467 e. The van der Waals surface area contributed by atoms with Gasteiger partial charge in [-0.3, -0.25) is 0 Å². The van der Waals surface area contributed by atoms with E-state index in [0.717, 1.165) is 6.07 Å². The number of ether oxygens (including phenoxy) is 1. The van der Waals surface area contributed by atoms with Crippen LogP contribution in [0.25, 0.3) is 0 Å².